The third-order valence-corrected chi connectivity index (χ3v) is 6.80. The fourth-order valence-electron chi connectivity index (χ4n) is 5.18. The van der Waals surface area contributed by atoms with Gasteiger partial charge < -0.3 is 14.5 Å². The summed E-state index contributed by atoms with van der Waals surface area (Å²) in [7, 11) is 0. The molecule has 2 fully saturated rings. The second-order valence-electron chi connectivity index (χ2n) is 9.05. The van der Waals surface area contributed by atoms with Gasteiger partial charge in [0.25, 0.3) is 0 Å². The molecular weight excluding hydrogens is 404 g/mol. The lowest BCUT2D eigenvalue weighted by atomic mass is 9.78. The number of ether oxygens (including phenoxy) is 1. The van der Waals surface area contributed by atoms with Crippen LogP contribution in [0.2, 0.25) is 0 Å². The summed E-state index contributed by atoms with van der Waals surface area (Å²) >= 11 is 0. The standard InChI is InChI=1S/C26H38N2O4/c1-2-32-26(31)17-19-27(20-21-10-4-3-5-11-21)24(29)15-8-16-25(30)28-18-9-13-22-12-6-7-14-23(22)28/h3-5,10-11,22-23H,2,6-9,12-20H2,1H3. The van der Waals surface area contributed by atoms with Crippen LogP contribution < -0.4 is 0 Å². The lowest BCUT2D eigenvalue weighted by molar-refractivity contribution is -0.144. The Bertz CT molecular complexity index is 749. The summed E-state index contributed by atoms with van der Waals surface area (Å²) in [4.78, 5) is 41.5. The van der Waals surface area contributed by atoms with Crippen molar-refractivity contribution < 1.29 is 19.1 Å². The fourth-order valence-corrected chi connectivity index (χ4v) is 5.18. The average molecular weight is 443 g/mol. The van der Waals surface area contributed by atoms with E-state index >= 15 is 0 Å². The second kappa shape index (κ2) is 12.6. The maximum absolute atomic E-state index is 13.0. The predicted molar refractivity (Wildman–Crippen MR) is 124 cm³/mol. The van der Waals surface area contributed by atoms with Crippen LogP contribution in [0.15, 0.2) is 30.3 Å². The topological polar surface area (TPSA) is 66.9 Å². The normalized spacial score (nSPS) is 20.3. The van der Waals surface area contributed by atoms with Crippen LogP contribution in [0.25, 0.3) is 0 Å². The van der Waals surface area contributed by atoms with Crippen molar-refractivity contribution in [2.45, 2.75) is 83.7 Å². The molecule has 0 N–H and O–H groups in total. The summed E-state index contributed by atoms with van der Waals surface area (Å²) in [5.74, 6) is 0.573. The molecular formula is C26H38N2O4. The number of carbonyl (C=O) groups is 3. The maximum atomic E-state index is 13.0. The van der Waals surface area contributed by atoms with Gasteiger partial charge in [0.1, 0.15) is 0 Å². The Morgan fingerprint density at radius 1 is 1.00 bits per heavy atom. The van der Waals surface area contributed by atoms with E-state index in [0.29, 0.717) is 50.9 Å². The smallest absolute Gasteiger partial charge is 0.307 e. The summed E-state index contributed by atoms with van der Waals surface area (Å²) in [6.45, 7) is 3.78. The average Bonchev–Trinajstić information content (AvgIpc) is 2.82. The number of benzene rings is 1. The van der Waals surface area contributed by atoms with Gasteiger partial charge in [-0.15, -0.1) is 0 Å². The lowest BCUT2D eigenvalue weighted by Gasteiger charge is -2.44. The van der Waals surface area contributed by atoms with E-state index in [1.165, 1.54) is 25.7 Å². The molecule has 2 aliphatic rings. The first-order valence-corrected chi connectivity index (χ1v) is 12.3. The van der Waals surface area contributed by atoms with E-state index in [-0.39, 0.29) is 24.2 Å². The predicted octanol–water partition coefficient (Wildman–Crippen LogP) is 4.32. The maximum Gasteiger partial charge on any atom is 0.307 e. The SMILES string of the molecule is CCOC(=O)CCN(Cc1ccccc1)C(=O)CCCC(=O)N1CCCC2CCCCC21. The van der Waals surface area contributed by atoms with Gasteiger partial charge >= 0.3 is 5.97 Å². The highest BCUT2D eigenvalue weighted by Gasteiger charge is 2.35. The molecule has 1 saturated heterocycles. The highest BCUT2D eigenvalue weighted by atomic mass is 16.5. The highest BCUT2D eigenvalue weighted by molar-refractivity contribution is 5.80. The summed E-state index contributed by atoms with van der Waals surface area (Å²) in [5, 5.41) is 0. The van der Waals surface area contributed by atoms with Gasteiger partial charge in [-0.25, -0.2) is 0 Å². The zero-order valence-electron chi connectivity index (χ0n) is 19.5. The zero-order chi connectivity index (χ0) is 22.8. The molecule has 6 heteroatoms. The van der Waals surface area contributed by atoms with Gasteiger partial charge in [-0.1, -0.05) is 43.2 Å². The third kappa shape index (κ3) is 7.07. The molecule has 3 rings (SSSR count). The summed E-state index contributed by atoms with van der Waals surface area (Å²) in [6, 6.07) is 10.2. The Balaban J connectivity index is 1.50. The number of esters is 1. The molecule has 0 radical (unpaired) electrons. The van der Waals surface area contributed by atoms with Gasteiger partial charge in [0.15, 0.2) is 0 Å². The van der Waals surface area contributed by atoms with Crippen LogP contribution >= 0.6 is 0 Å². The van der Waals surface area contributed by atoms with Crippen molar-refractivity contribution >= 4 is 17.8 Å². The molecule has 1 aromatic rings. The molecule has 2 amide bonds. The molecule has 1 aliphatic carbocycles. The van der Waals surface area contributed by atoms with Crippen molar-refractivity contribution in [3.8, 4) is 0 Å². The molecule has 0 aromatic heterocycles. The third-order valence-electron chi connectivity index (χ3n) is 6.80. The van der Waals surface area contributed by atoms with Crippen LogP contribution in [0.5, 0.6) is 0 Å². The van der Waals surface area contributed by atoms with Gasteiger partial charge in [0, 0.05) is 38.5 Å². The van der Waals surface area contributed by atoms with Crippen molar-refractivity contribution in [3.63, 3.8) is 0 Å². The summed E-state index contributed by atoms with van der Waals surface area (Å²) in [6.07, 6.45) is 8.73. The molecule has 1 aromatic carbocycles. The number of amides is 2. The van der Waals surface area contributed by atoms with Crippen molar-refractivity contribution in [2.75, 3.05) is 19.7 Å². The van der Waals surface area contributed by atoms with E-state index in [1.807, 2.05) is 30.3 Å². The van der Waals surface area contributed by atoms with E-state index in [4.69, 9.17) is 4.74 Å². The van der Waals surface area contributed by atoms with Crippen molar-refractivity contribution in [2.24, 2.45) is 5.92 Å². The lowest BCUT2D eigenvalue weighted by Crippen LogP contribution is -2.49. The number of hydrogen-bond acceptors (Lipinski definition) is 4. The number of rotatable bonds is 10. The first-order valence-electron chi connectivity index (χ1n) is 12.3. The Kier molecular flexibility index (Phi) is 9.57. The molecule has 2 unspecified atom stereocenters. The largest absolute Gasteiger partial charge is 0.466 e. The van der Waals surface area contributed by atoms with Gasteiger partial charge in [-0.05, 0) is 50.5 Å². The van der Waals surface area contributed by atoms with E-state index in [1.54, 1.807) is 11.8 Å². The Morgan fingerprint density at radius 2 is 1.75 bits per heavy atom. The van der Waals surface area contributed by atoms with Crippen LogP contribution in [-0.4, -0.2) is 53.3 Å². The summed E-state index contributed by atoms with van der Waals surface area (Å²) in [5.41, 5.74) is 1.03. The van der Waals surface area contributed by atoms with Crippen molar-refractivity contribution in [1.29, 1.82) is 0 Å². The Hall–Kier alpha value is -2.37. The number of fused-ring (bicyclic) bond motifs is 1. The molecule has 0 spiro atoms. The van der Waals surface area contributed by atoms with E-state index in [2.05, 4.69) is 4.90 Å². The number of hydrogen-bond donors (Lipinski definition) is 0. The molecule has 176 valence electrons. The highest BCUT2D eigenvalue weighted by Crippen LogP contribution is 2.35. The first kappa shape index (κ1) is 24.3. The summed E-state index contributed by atoms with van der Waals surface area (Å²) < 4.78 is 5.02. The molecule has 2 atom stereocenters. The minimum absolute atomic E-state index is 0.0138. The molecule has 6 nitrogen and oxygen atoms in total. The van der Waals surface area contributed by atoms with E-state index in [9.17, 15) is 14.4 Å². The number of nitrogens with zero attached hydrogens (tertiary/aromatic N) is 2. The molecule has 0 bridgehead atoms. The van der Waals surface area contributed by atoms with Gasteiger partial charge in [-0.2, -0.15) is 0 Å². The van der Waals surface area contributed by atoms with Crippen LogP contribution in [0, 0.1) is 5.92 Å². The Labute approximate surface area is 192 Å². The molecule has 1 heterocycles. The quantitative estimate of drug-likeness (QED) is 0.506. The van der Waals surface area contributed by atoms with Crippen LogP contribution in [0.4, 0.5) is 0 Å². The number of likely N-dealkylation sites (tertiary alicyclic amines) is 1. The molecule has 1 saturated carbocycles. The molecule has 1 aliphatic heterocycles. The van der Waals surface area contributed by atoms with Crippen LogP contribution in [0.3, 0.4) is 0 Å². The molecule has 32 heavy (non-hydrogen) atoms. The van der Waals surface area contributed by atoms with Gasteiger partial charge in [-0.3, -0.25) is 14.4 Å². The van der Waals surface area contributed by atoms with Gasteiger partial charge in [0.2, 0.25) is 11.8 Å². The van der Waals surface area contributed by atoms with Crippen molar-refractivity contribution in [3.05, 3.63) is 35.9 Å². The van der Waals surface area contributed by atoms with Crippen LogP contribution in [0.1, 0.15) is 76.7 Å². The second-order valence-corrected chi connectivity index (χ2v) is 9.05. The fraction of sp³-hybridized carbons (Fsp3) is 0.654. The van der Waals surface area contributed by atoms with Gasteiger partial charge in [0.05, 0.1) is 13.0 Å². The first-order chi connectivity index (χ1) is 15.6. The number of carbonyl (C=O) groups excluding carboxylic acids is 3. The zero-order valence-corrected chi connectivity index (χ0v) is 19.5. The van der Waals surface area contributed by atoms with Crippen molar-refractivity contribution in [1.82, 2.24) is 9.80 Å². The minimum atomic E-state index is -0.291. The van der Waals surface area contributed by atoms with E-state index in [0.717, 1.165) is 24.9 Å². The monoisotopic (exact) mass is 442 g/mol. The number of piperidine rings is 1. The Morgan fingerprint density at radius 3 is 2.53 bits per heavy atom. The van der Waals surface area contributed by atoms with Crippen LogP contribution in [-0.2, 0) is 25.7 Å². The minimum Gasteiger partial charge on any atom is -0.466 e. The van der Waals surface area contributed by atoms with E-state index < -0.39 is 0 Å².